The number of H-pyrrole nitrogens is 1. The standard InChI is InChI=1S/C25H26N2O6/c1-14-16-10-9-15(6-5-11-25(2)22(33-25)21(16)32-24(14)30)13-31-20(28)12-19-17-7-3-4-8-18(17)23(29)27-26-19/h3-4,6-8,16,21-22H,1,5,9-13H2,2H3,(H,27,29)/b15-6+/t16-,21-,22-,25+/m0/s1. The van der Waals surface area contributed by atoms with Crippen molar-refractivity contribution in [3.05, 3.63) is 64.1 Å². The average Bonchev–Trinajstić information content (AvgIpc) is 3.39. The lowest BCUT2D eigenvalue weighted by Gasteiger charge is -2.20. The summed E-state index contributed by atoms with van der Waals surface area (Å²) in [6.07, 6.45) is 4.63. The van der Waals surface area contributed by atoms with Crippen molar-refractivity contribution in [1.82, 2.24) is 10.2 Å². The average molecular weight is 450 g/mol. The van der Waals surface area contributed by atoms with Crippen molar-refractivity contribution in [2.45, 2.75) is 56.8 Å². The van der Waals surface area contributed by atoms with Crippen molar-refractivity contribution < 1.29 is 23.8 Å². The summed E-state index contributed by atoms with van der Waals surface area (Å²) in [6, 6.07) is 7.04. The zero-order valence-electron chi connectivity index (χ0n) is 18.5. The highest BCUT2D eigenvalue weighted by Gasteiger charge is 2.61. The van der Waals surface area contributed by atoms with Crippen LogP contribution in [0.15, 0.2) is 52.9 Å². The van der Waals surface area contributed by atoms with Crippen molar-refractivity contribution in [3.63, 3.8) is 0 Å². The number of nitrogens with one attached hydrogen (secondary N) is 1. The quantitative estimate of drug-likeness (QED) is 0.330. The fraction of sp³-hybridized carbons (Fsp3) is 0.440. The van der Waals surface area contributed by atoms with Gasteiger partial charge >= 0.3 is 11.9 Å². The van der Waals surface area contributed by atoms with Gasteiger partial charge in [-0.25, -0.2) is 9.89 Å². The van der Waals surface area contributed by atoms with Gasteiger partial charge in [0.25, 0.3) is 5.56 Å². The second kappa shape index (κ2) is 8.26. The predicted octanol–water partition coefficient (Wildman–Crippen LogP) is 2.76. The lowest BCUT2D eigenvalue weighted by Crippen LogP contribution is -2.29. The first kappa shape index (κ1) is 21.6. The third-order valence-corrected chi connectivity index (χ3v) is 6.94. The summed E-state index contributed by atoms with van der Waals surface area (Å²) in [4.78, 5) is 36.6. The highest BCUT2D eigenvalue weighted by molar-refractivity contribution is 5.91. The van der Waals surface area contributed by atoms with Crippen LogP contribution in [0, 0.1) is 5.92 Å². The number of allylic oxidation sites excluding steroid dienone is 1. The van der Waals surface area contributed by atoms with Crippen LogP contribution in [0.4, 0.5) is 0 Å². The van der Waals surface area contributed by atoms with Crippen molar-refractivity contribution >= 4 is 22.7 Å². The first-order valence-electron chi connectivity index (χ1n) is 11.2. The third-order valence-electron chi connectivity index (χ3n) is 6.94. The Kier molecular flexibility index (Phi) is 5.40. The monoisotopic (exact) mass is 450 g/mol. The number of esters is 2. The third kappa shape index (κ3) is 4.11. The SMILES string of the molecule is C=C1C(=O)O[C@H]2[C@H]1CC/C(COC(=O)Cc1n[nH]c(=O)c3ccccc13)=C\CC[C@@]1(C)O[C@@H]21. The first-order chi connectivity index (χ1) is 15.9. The molecule has 1 aromatic carbocycles. The van der Waals surface area contributed by atoms with Crippen molar-refractivity contribution in [2.75, 3.05) is 6.61 Å². The number of aromatic amines is 1. The van der Waals surface area contributed by atoms with E-state index in [1.54, 1.807) is 24.3 Å². The molecule has 0 bridgehead atoms. The lowest BCUT2D eigenvalue weighted by atomic mass is 9.84. The Labute approximate surface area is 190 Å². The highest BCUT2D eigenvalue weighted by atomic mass is 16.6. The van der Waals surface area contributed by atoms with Crippen LogP contribution in [0.1, 0.15) is 38.3 Å². The molecule has 8 nitrogen and oxygen atoms in total. The summed E-state index contributed by atoms with van der Waals surface area (Å²) < 4.78 is 17.1. The molecule has 3 heterocycles. The summed E-state index contributed by atoms with van der Waals surface area (Å²) in [5.74, 6) is -0.866. The number of hydrogen-bond acceptors (Lipinski definition) is 7. The number of nitrogens with zero attached hydrogens (tertiary/aromatic N) is 1. The molecule has 1 aromatic heterocycles. The van der Waals surface area contributed by atoms with Gasteiger partial charge in [-0.15, -0.1) is 0 Å². The van der Waals surface area contributed by atoms with Crippen LogP contribution < -0.4 is 5.56 Å². The van der Waals surface area contributed by atoms with Crippen LogP contribution in [0.5, 0.6) is 0 Å². The van der Waals surface area contributed by atoms with Crippen LogP contribution in [0.2, 0.25) is 0 Å². The van der Waals surface area contributed by atoms with E-state index in [0.717, 1.165) is 18.4 Å². The van der Waals surface area contributed by atoms with Crippen LogP contribution in [0.25, 0.3) is 10.8 Å². The molecule has 33 heavy (non-hydrogen) atoms. The molecular weight excluding hydrogens is 424 g/mol. The predicted molar refractivity (Wildman–Crippen MR) is 119 cm³/mol. The molecule has 3 aliphatic rings. The zero-order valence-corrected chi connectivity index (χ0v) is 18.5. The molecule has 0 unspecified atom stereocenters. The van der Waals surface area contributed by atoms with Gasteiger partial charge in [0.2, 0.25) is 0 Å². The minimum absolute atomic E-state index is 0.0397. The molecule has 2 aromatic rings. The van der Waals surface area contributed by atoms with Crippen LogP contribution >= 0.6 is 0 Å². The molecule has 0 amide bonds. The van der Waals surface area contributed by atoms with Gasteiger partial charge in [-0.2, -0.15) is 5.10 Å². The summed E-state index contributed by atoms with van der Waals surface area (Å²) in [5.41, 5.74) is 1.36. The van der Waals surface area contributed by atoms with E-state index in [4.69, 9.17) is 14.2 Å². The van der Waals surface area contributed by atoms with E-state index < -0.39 is 5.97 Å². The smallest absolute Gasteiger partial charge is 0.334 e. The number of carbonyl (C=O) groups excluding carboxylic acids is 2. The number of hydrogen-bond donors (Lipinski definition) is 1. The number of aromatic nitrogens is 2. The number of epoxide rings is 1. The molecule has 1 aliphatic carbocycles. The van der Waals surface area contributed by atoms with E-state index in [0.29, 0.717) is 34.9 Å². The van der Waals surface area contributed by atoms with E-state index >= 15 is 0 Å². The summed E-state index contributed by atoms with van der Waals surface area (Å²) >= 11 is 0. The van der Waals surface area contributed by atoms with Crippen LogP contribution in [0.3, 0.4) is 0 Å². The fourth-order valence-electron chi connectivity index (χ4n) is 4.92. The molecule has 2 saturated heterocycles. The molecule has 5 rings (SSSR count). The van der Waals surface area contributed by atoms with Gasteiger partial charge in [0.15, 0.2) is 0 Å². The summed E-state index contributed by atoms with van der Waals surface area (Å²) in [5, 5.41) is 7.61. The number of benzene rings is 1. The molecule has 0 radical (unpaired) electrons. The zero-order chi connectivity index (χ0) is 23.2. The normalized spacial score (nSPS) is 30.6. The minimum Gasteiger partial charge on any atom is -0.461 e. The van der Waals surface area contributed by atoms with E-state index in [1.165, 1.54) is 0 Å². The van der Waals surface area contributed by atoms with E-state index in [9.17, 15) is 14.4 Å². The molecule has 4 atom stereocenters. The van der Waals surface area contributed by atoms with Gasteiger partial charge in [-0.3, -0.25) is 9.59 Å². The largest absolute Gasteiger partial charge is 0.461 e. The Morgan fingerprint density at radius 1 is 1.30 bits per heavy atom. The molecule has 172 valence electrons. The summed E-state index contributed by atoms with van der Waals surface area (Å²) in [7, 11) is 0. The van der Waals surface area contributed by atoms with Crippen molar-refractivity contribution in [1.29, 1.82) is 0 Å². The molecule has 8 heteroatoms. The molecule has 0 saturated carbocycles. The van der Waals surface area contributed by atoms with Crippen LogP contribution in [-0.2, 0) is 30.2 Å². The number of rotatable bonds is 4. The Bertz CT molecular complexity index is 1230. The molecule has 2 aliphatic heterocycles. The van der Waals surface area contributed by atoms with Gasteiger partial charge in [-0.05, 0) is 44.2 Å². The minimum atomic E-state index is -0.420. The maximum atomic E-state index is 12.6. The van der Waals surface area contributed by atoms with E-state index in [1.807, 2.05) is 6.92 Å². The lowest BCUT2D eigenvalue weighted by molar-refractivity contribution is -0.142. The Morgan fingerprint density at radius 3 is 2.91 bits per heavy atom. The topological polar surface area (TPSA) is 111 Å². The summed E-state index contributed by atoms with van der Waals surface area (Å²) in [6.45, 7) is 6.14. The Hall–Kier alpha value is -3.26. The number of carbonyl (C=O) groups is 2. The van der Waals surface area contributed by atoms with Crippen molar-refractivity contribution in [3.8, 4) is 0 Å². The second-order valence-electron chi connectivity index (χ2n) is 9.17. The number of ether oxygens (including phenoxy) is 3. The Morgan fingerprint density at radius 2 is 2.09 bits per heavy atom. The maximum Gasteiger partial charge on any atom is 0.334 e. The van der Waals surface area contributed by atoms with Gasteiger partial charge in [0.05, 0.1) is 23.1 Å². The highest BCUT2D eigenvalue weighted by Crippen LogP contribution is 2.49. The van der Waals surface area contributed by atoms with Gasteiger partial charge < -0.3 is 14.2 Å². The molecule has 2 fully saturated rings. The fourth-order valence-corrected chi connectivity index (χ4v) is 4.92. The second-order valence-corrected chi connectivity index (χ2v) is 9.17. The molecule has 1 N–H and O–H groups in total. The maximum absolute atomic E-state index is 12.6. The van der Waals surface area contributed by atoms with Gasteiger partial charge in [0.1, 0.15) is 18.8 Å². The Balaban J connectivity index is 1.26. The van der Waals surface area contributed by atoms with E-state index in [2.05, 4.69) is 22.9 Å². The van der Waals surface area contributed by atoms with E-state index in [-0.39, 0.29) is 48.3 Å². The number of fused-ring (bicyclic) bond motifs is 4. The van der Waals surface area contributed by atoms with Gasteiger partial charge in [0, 0.05) is 16.9 Å². The van der Waals surface area contributed by atoms with Gasteiger partial charge in [-0.1, -0.05) is 30.9 Å². The van der Waals surface area contributed by atoms with Crippen molar-refractivity contribution in [2.24, 2.45) is 5.92 Å². The van der Waals surface area contributed by atoms with Crippen LogP contribution in [-0.4, -0.2) is 46.6 Å². The molecular formula is C25H26N2O6. The first-order valence-corrected chi connectivity index (χ1v) is 11.2. The molecule has 0 spiro atoms.